The van der Waals surface area contributed by atoms with Gasteiger partial charge in [0.1, 0.15) is 0 Å². The molecule has 0 aliphatic rings. The number of aliphatic imine (C=N–C) groups is 1. The van der Waals surface area contributed by atoms with E-state index in [1.54, 1.807) is 0 Å². The van der Waals surface area contributed by atoms with E-state index in [0.717, 1.165) is 38.6 Å². The van der Waals surface area contributed by atoms with E-state index in [1.165, 1.54) is 18.6 Å². The molecule has 0 heterocycles. The molecule has 0 saturated carbocycles. The van der Waals surface area contributed by atoms with E-state index in [1.807, 2.05) is 11.8 Å². The van der Waals surface area contributed by atoms with Gasteiger partial charge in [-0.25, -0.2) is 0 Å². The Bertz CT molecular complexity index is 213. The molecule has 19 heavy (non-hydrogen) atoms. The molecule has 2 N–H and O–H groups in total. The van der Waals surface area contributed by atoms with Gasteiger partial charge in [-0.3, -0.25) is 4.99 Å². The molecule has 4 nitrogen and oxygen atoms in total. The van der Waals surface area contributed by atoms with Gasteiger partial charge in [-0.05, 0) is 58.8 Å². The first-order valence-corrected chi connectivity index (χ1v) is 8.26. The SMILES string of the molecule is CCNC(=NCCCN(C)C)NCCCCSC.I. The van der Waals surface area contributed by atoms with Crippen LogP contribution in [0.2, 0.25) is 0 Å². The standard InChI is InChI=1S/C13H30N4S.HI/c1-5-14-13(15-9-6-7-12-18-4)16-10-8-11-17(2)3;/h5-12H2,1-4H3,(H2,14,15,16);1H. The van der Waals surface area contributed by atoms with Crippen LogP contribution in [0.1, 0.15) is 26.2 Å². The molecule has 0 saturated heterocycles. The summed E-state index contributed by atoms with van der Waals surface area (Å²) in [5.74, 6) is 2.21. The Labute approximate surface area is 140 Å². The van der Waals surface area contributed by atoms with Crippen LogP contribution in [0.5, 0.6) is 0 Å². The molecular weight excluding hydrogens is 371 g/mol. The molecule has 0 radical (unpaired) electrons. The van der Waals surface area contributed by atoms with Crippen LogP contribution < -0.4 is 10.6 Å². The highest BCUT2D eigenvalue weighted by Crippen LogP contribution is 1.97. The zero-order chi connectivity index (χ0) is 13.6. The fourth-order valence-corrected chi connectivity index (χ4v) is 1.99. The zero-order valence-electron chi connectivity index (χ0n) is 12.9. The lowest BCUT2D eigenvalue weighted by molar-refractivity contribution is 0.403. The van der Waals surface area contributed by atoms with Crippen molar-refractivity contribution < 1.29 is 0 Å². The van der Waals surface area contributed by atoms with E-state index >= 15 is 0 Å². The zero-order valence-corrected chi connectivity index (χ0v) is 16.0. The number of rotatable bonds is 10. The molecule has 0 atom stereocenters. The minimum atomic E-state index is 0. The van der Waals surface area contributed by atoms with Crippen LogP contribution in [0.3, 0.4) is 0 Å². The monoisotopic (exact) mass is 402 g/mol. The molecule has 0 aromatic carbocycles. The van der Waals surface area contributed by atoms with E-state index in [9.17, 15) is 0 Å². The molecule has 6 heteroatoms. The molecule has 0 bridgehead atoms. The second kappa shape index (κ2) is 16.4. The van der Waals surface area contributed by atoms with Gasteiger partial charge in [0.2, 0.25) is 0 Å². The van der Waals surface area contributed by atoms with Gasteiger partial charge in [0, 0.05) is 19.6 Å². The van der Waals surface area contributed by atoms with Crippen molar-refractivity contribution in [3.63, 3.8) is 0 Å². The van der Waals surface area contributed by atoms with Crippen molar-refractivity contribution in [3.8, 4) is 0 Å². The number of hydrogen-bond acceptors (Lipinski definition) is 3. The highest BCUT2D eigenvalue weighted by atomic mass is 127. The molecule has 116 valence electrons. The van der Waals surface area contributed by atoms with Crippen molar-refractivity contribution in [1.82, 2.24) is 15.5 Å². The fraction of sp³-hybridized carbons (Fsp3) is 0.923. The molecule has 0 aliphatic heterocycles. The first-order valence-electron chi connectivity index (χ1n) is 6.86. The summed E-state index contributed by atoms with van der Waals surface area (Å²) >= 11 is 1.91. The lowest BCUT2D eigenvalue weighted by atomic mass is 10.3. The highest BCUT2D eigenvalue weighted by Gasteiger charge is 1.96. The fourth-order valence-electron chi connectivity index (χ4n) is 1.50. The van der Waals surface area contributed by atoms with Crippen LogP contribution >= 0.6 is 35.7 Å². The minimum Gasteiger partial charge on any atom is -0.357 e. The quantitative estimate of drug-likeness (QED) is 0.255. The molecule has 0 spiro atoms. The molecule has 0 aliphatic carbocycles. The van der Waals surface area contributed by atoms with Crippen molar-refractivity contribution in [2.45, 2.75) is 26.2 Å². The van der Waals surface area contributed by atoms with Gasteiger partial charge in [-0.2, -0.15) is 11.8 Å². The predicted molar refractivity (Wildman–Crippen MR) is 100 cm³/mol. The summed E-state index contributed by atoms with van der Waals surface area (Å²) in [7, 11) is 4.19. The third kappa shape index (κ3) is 16.3. The largest absolute Gasteiger partial charge is 0.357 e. The average Bonchev–Trinajstić information content (AvgIpc) is 2.33. The smallest absolute Gasteiger partial charge is 0.191 e. The summed E-state index contributed by atoms with van der Waals surface area (Å²) in [5.41, 5.74) is 0. The maximum atomic E-state index is 4.57. The maximum absolute atomic E-state index is 4.57. The third-order valence-corrected chi connectivity index (χ3v) is 3.14. The van der Waals surface area contributed by atoms with Crippen molar-refractivity contribution >= 4 is 41.7 Å². The molecule has 0 amide bonds. The number of thioether (sulfide) groups is 1. The lowest BCUT2D eigenvalue weighted by Crippen LogP contribution is -2.38. The van der Waals surface area contributed by atoms with E-state index < -0.39 is 0 Å². The van der Waals surface area contributed by atoms with Gasteiger partial charge in [-0.1, -0.05) is 0 Å². The number of nitrogens with zero attached hydrogens (tertiary/aromatic N) is 2. The molecule has 0 aromatic rings. The molecular formula is C13H31IN4S. The predicted octanol–water partition coefficient (Wildman–Crippen LogP) is 2.25. The second-order valence-electron chi connectivity index (χ2n) is 4.54. The van der Waals surface area contributed by atoms with Crippen molar-refractivity contribution in [2.24, 2.45) is 4.99 Å². The van der Waals surface area contributed by atoms with Crippen molar-refractivity contribution in [2.75, 3.05) is 52.3 Å². The van der Waals surface area contributed by atoms with E-state index in [4.69, 9.17) is 0 Å². The van der Waals surface area contributed by atoms with Gasteiger partial charge >= 0.3 is 0 Å². The number of guanidine groups is 1. The van der Waals surface area contributed by atoms with Gasteiger partial charge in [-0.15, -0.1) is 24.0 Å². The summed E-state index contributed by atoms with van der Waals surface area (Å²) in [6.07, 6.45) is 5.75. The Hall–Kier alpha value is 0.310. The Morgan fingerprint density at radius 2 is 1.89 bits per heavy atom. The third-order valence-electron chi connectivity index (χ3n) is 2.45. The van der Waals surface area contributed by atoms with E-state index in [2.05, 4.69) is 47.8 Å². The van der Waals surface area contributed by atoms with E-state index in [0.29, 0.717) is 0 Å². The minimum absolute atomic E-state index is 0. The maximum Gasteiger partial charge on any atom is 0.191 e. The molecule has 0 rings (SSSR count). The summed E-state index contributed by atoms with van der Waals surface area (Å²) in [5, 5.41) is 6.67. The first kappa shape index (κ1) is 21.6. The molecule has 0 aromatic heterocycles. The number of unbranched alkanes of at least 4 members (excludes halogenated alkanes) is 1. The van der Waals surface area contributed by atoms with E-state index in [-0.39, 0.29) is 24.0 Å². The van der Waals surface area contributed by atoms with Crippen LogP contribution in [0.25, 0.3) is 0 Å². The average molecular weight is 402 g/mol. The normalized spacial score (nSPS) is 11.3. The van der Waals surface area contributed by atoms with Crippen LogP contribution in [-0.2, 0) is 0 Å². The van der Waals surface area contributed by atoms with Gasteiger partial charge in [0.15, 0.2) is 5.96 Å². The Balaban J connectivity index is 0. The Morgan fingerprint density at radius 1 is 1.16 bits per heavy atom. The number of nitrogens with one attached hydrogen (secondary N) is 2. The lowest BCUT2D eigenvalue weighted by Gasteiger charge is -2.12. The highest BCUT2D eigenvalue weighted by molar-refractivity contribution is 14.0. The van der Waals surface area contributed by atoms with Gasteiger partial charge in [0.05, 0.1) is 0 Å². The van der Waals surface area contributed by atoms with Crippen LogP contribution in [0, 0.1) is 0 Å². The van der Waals surface area contributed by atoms with Crippen molar-refractivity contribution in [1.29, 1.82) is 0 Å². The Morgan fingerprint density at radius 3 is 2.47 bits per heavy atom. The topological polar surface area (TPSA) is 39.7 Å². The first-order chi connectivity index (χ1) is 8.70. The van der Waals surface area contributed by atoms with Crippen LogP contribution in [-0.4, -0.2) is 63.1 Å². The second-order valence-corrected chi connectivity index (χ2v) is 5.53. The number of halogens is 1. The Kier molecular flexibility index (Phi) is 18.6. The summed E-state index contributed by atoms with van der Waals surface area (Å²) in [6.45, 7) is 6.02. The van der Waals surface area contributed by atoms with Gasteiger partial charge in [0.25, 0.3) is 0 Å². The number of hydrogen-bond donors (Lipinski definition) is 2. The van der Waals surface area contributed by atoms with Crippen LogP contribution in [0.15, 0.2) is 4.99 Å². The van der Waals surface area contributed by atoms with Crippen LogP contribution in [0.4, 0.5) is 0 Å². The summed E-state index contributed by atoms with van der Waals surface area (Å²) in [6, 6.07) is 0. The van der Waals surface area contributed by atoms with Gasteiger partial charge < -0.3 is 15.5 Å². The summed E-state index contributed by atoms with van der Waals surface area (Å²) < 4.78 is 0. The van der Waals surface area contributed by atoms with Crippen molar-refractivity contribution in [3.05, 3.63) is 0 Å². The molecule has 0 fully saturated rings. The summed E-state index contributed by atoms with van der Waals surface area (Å²) in [4.78, 5) is 6.76. The molecule has 0 unspecified atom stereocenters.